The van der Waals surface area contributed by atoms with Crippen molar-refractivity contribution in [2.75, 3.05) is 5.32 Å². The summed E-state index contributed by atoms with van der Waals surface area (Å²) in [7, 11) is 0. The molecule has 0 saturated heterocycles. The molecule has 1 amide bonds. The Kier molecular flexibility index (Phi) is 3.66. The predicted molar refractivity (Wildman–Crippen MR) is 69.5 cm³/mol. The van der Waals surface area contributed by atoms with Crippen LogP contribution in [0.15, 0.2) is 18.2 Å². The van der Waals surface area contributed by atoms with Gasteiger partial charge in [-0.15, -0.1) is 0 Å². The summed E-state index contributed by atoms with van der Waals surface area (Å²) in [5.41, 5.74) is 6.21. The lowest BCUT2D eigenvalue weighted by Crippen LogP contribution is -2.30. The summed E-state index contributed by atoms with van der Waals surface area (Å²) in [6.07, 6.45) is 4.04. The Bertz CT molecular complexity index is 453. The van der Waals surface area contributed by atoms with Gasteiger partial charge in [-0.2, -0.15) is 0 Å². The van der Waals surface area contributed by atoms with Crippen LogP contribution in [0.1, 0.15) is 38.2 Å². The topological polar surface area (TPSA) is 55.1 Å². The number of benzene rings is 1. The van der Waals surface area contributed by atoms with Crippen molar-refractivity contribution >= 4 is 11.6 Å². The van der Waals surface area contributed by atoms with Crippen LogP contribution in [0, 0.1) is 11.2 Å². The number of carbonyl (C=O) groups excluding carboxylic acids is 1. The number of hydrogen-bond acceptors (Lipinski definition) is 2. The van der Waals surface area contributed by atoms with Gasteiger partial charge in [-0.25, -0.2) is 4.39 Å². The van der Waals surface area contributed by atoms with Crippen LogP contribution in [0.5, 0.6) is 0 Å². The molecule has 3 nitrogen and oxygen atoms in total. The van der Waals surface area contributed by atoms with Crippen molar-refractivity contribution < 1.29 is 9.18 Å². The van der Waals surface area contributed by atoms with Crippen molar-refractivity contribution in [3.63, 3.8) is 0 Å². The molecule has 4 heteroatoms. The quantitative estimate of drug-likeness (QED) is 0.866. The summed E-state index contributed by atoms with van der Waals surface area (Å²) in [6.45, 7) is 2.12. The van der Waals surface area contributed by atoms with E-state index in [1.165, 1.54) is 6.07 Å². The van der Waals surface area contributed by atoms with Crippen molar-refractivity contribution in [1.82, 2.24) is 0 Å². The van der Waals surface area contributed by atoms with Gasteiger partial charge in [-0.1, -0.05) is 19.8 Å². The van der Waals surface area contributed by atoms with E-state index in [-0.39, 0.29) is 23.7 Å². The van der Waals surface area contributed by atoms with Gasteiger partial charge in [-0.3, -0.25) is 4.79 Å². The summed E-state index contributed by atoms with van der Waals surface area (Å²) in [5, 5.41) is 2.87. The van der Waals surface area contributed by atoms with E-state index < -0.39 is 0 Å². The standard InChI is InChI=1S/C14H19FN2O/c1-14(6-2-3-7-14)13(18)17-11-4-5-12(15)10(8-11)9-16/h4-5,8H,2-3,6-7,9,16H2,1H3,(H,17,18). The van der Waals surface area contributed by atoms with Crippen LogP contribution in [0.4, 0.5) is 10.1 Å². The Morgan fingerprint density at radius 3 is 2.72 bits per heavy atom. The third-order valence-corrected chi connectivity index (χ3v) is 3.78. The van der Waals surface area contributed by atoms with Gasteiger partial charge in [-0.05, 0) is 31.0 Å². The van der Waals surface area contributed by atoms with Gasteiger partial charge in [0.1, 0.15) is 5.82 Å². The Balaban J connectivity index is 2.11. The lowest BCUT2D eigenvalue weighted by molar-refractivity contribution is -0.124. The SMILES string of the molecule is CC1(C(=O)Nc2ccc(F)c(CN)c2)CCCC1. The van der Waals surface area contributed by atoms with Crippen LogP contribution in [0.2, 0.25) is 0 Å². The van der Waals surface area contributed by atoms with Crippen molar-refractivity contribution in [2.24, 2.45) is 11.1 Å². The Hall–Kier alpha value is -1.42. The molecule has 98 valence electrons. The molecule has 1 aliphatic rings. The molecule has 2 rings (SSSR count). The third kappa shape index (κ3) is 2.53. The number of carbonyl (C=O) groups is 1. The first-order valence-corrected chi connectivity index (χ1v) is 6.35. The van der Waals surface area contributed by atoms with Crippen LogP contribution in [-0.2, 0) is 11.3 Å². The van der Waals surface area contributed by atoms with Crippen LogP contribution < -0.4 is 11.1 Å². The zero-order valence-electron chi connectivity index (χ0n) is 10.6. The normalized spacial score (nSPS) is 17.7. The molecule has 3 N–H and O–H groups in total. The lowest BCUT2D eigenvalue weighted by atomic mass is 9.88. The minimum Gasteiger partial charge on any atom is -0.326 e. The number of hydrogen-bond donors (Lipinski definition) is 2. The monoisotopic (exact) mass is 250 g/mol. The van der Waals surface area contributed by atoms with E-state index in [4.69, 9.17) is 5.73 Å². The molecule has 0 unspecified atom stereocenters. The fourth-order valence-electron chi connectivity index (χ4n) is 2.47. The van der Waals surface area contributed by atoms with E-state index in [1.54, 1.807) is 12.1 Å². The van der Waals surface area contributed by atoms with Gasteiger partial charge in [0.05, 0.1) is 0 Å². The first-order valence-electron chi connectivity index (χ1n) is 6.35. The highest BCUT2D eigenvalue weighted by atomic mass is 19.1. The maximum Gasteiger partial charge on any atom is 0.230 e. The predicted octanol–water partition coefficient (Wildman–Crippen LogP) is 2.80. The smallest absolute Gasteiger partial charge is 0.230 e. The highest BCUT2D eigenvalue weighted by Gasteiger charge is 2.36. The largest absolute Gasteiger partial charge is 0.326 e. The van der Waals surface area contributed by atoms with E-state index in [0.29, 0.717) is 11.3 Å². The molecule has 0 atom stereocenters. The van der Waals surface area contributed by atoms with Crippen molar-refractivity contribution in [2.45, 2.75) is 39.2 Å². The van der Waals surface area contributed by atoms with Crippen LogP contribution in [0.3, 0.4) is 0 Å². The number of nitrogens with two attached hydrogens (primary N) is 1. The van der Waals surface area contributed by atoms with Gasteiger partial charge in [0, 0.05) is 23.2 Å². The second-order valence-electron chi connectivity index (χ2n) is 5.23. The summed E-state index contributed by atoms with van der Waals surface area (Å²) in [5.74, 6) is -0.308. The van der Waals surface area contributed by atoms with Gasteiger partial charge >= 0.3 is 0 Å². The average molecular weight is 250 g/mol. The molecule has 18 heavy (non-hydrogen) atoms. The third-order valence-electron chi connectivity index (χ3n) is 3.78. The van der Waals surface area contributed by atoms with Crippen molar-refractivity contribution in [3.05, 3.63) is 29.6 Å². The maximum atomic E-state index is 13.3. The molecule has 1 aliphatic carbocycles. The van der Waals surface area contributed by atoms with Crippen LogP contribution in [-0.4, -0.2) is 5.91 Å². The zero-order chi connectivity index (χ0) is 13.2. The van der Waals surface area contributed by atoms with Gasteiger partial charge in [0.15, 0.2) is 0 Å². The van der Waals surface area contributed by atoms with E-state index in [9.17, 15) is 9.18 Å². The highest BCUT2D eigenvalue weighted by molar-refractivity contribution is 5.95. The van der Waals surface area contributed by atoms with Crippen LogP contribution >= 0.6 is 0 Å². The molecule has 0 bridgehead atoms. The van der Waals surface area contributed by atoms with Gasteiger partial charge in [0.25, 0.3) is 0 Å². The molecule has 0 aromatic heterocycles. The number of nitrogens with one attached hydrogen (secondary N) is 1. The summed E-state index contributed by atoms with van der Waals surface area (Å²) in [4.78, 5) is 12.2. The number of amides is 1. The fourth-order valence-corrected chi connectivity index (χ4v) is 2.47. The van der Waals surface area contributed by atoms with Crippen molar-refractivity contribution in [3.8, 4) is 0 Å². The molecule has 0 heterocycles. The molecule has 1 aromatic carbocycles. The average Bonchev–Trinajstić information content (AvgIpc) is 2.80. The highest BCUT2D eigenvalue weighted by Crippen LogP contribution is 2.38. The second-order valence-corrected chi connectivity index (χ2v) is 5.23. The molecule has 1 saturated carbocycles. The molecule has 0 spiro atoms. The van der Waals surface area contributed by atoms with E-state index in [0.717, 1.165) is 25.7 Å². The molecule has 0 radical (unpaired) electrons. The van der Waals surface area contributed by atoms with Gasteiger partial charge in [0.2, 0.25) is 5.91 Å². The second kappa shape index (κ2) is 5.06. The first-order chi connectivity index (χ1) is 8.55. The van der Waals surface area contributed by atoms with Crippen molar-refractivity contribution in [1.29, 1.82) is 0 Å². The Morgan fingerprint density at radius 1 is 1.44 bits per heavy atom. The first kappa shape index (κ1) is 13.0. The summed E-state index contributed by atoms with van der Waals surface area (Å²) in [6, 6.07) is 4.52. The van der Waals surface area contributed by atoms with E-state index in [2.05, 4.69) is 5.32 Å². The van der Waals surface area contributed by atoms with Gasteiger partial charge < -0.3 is 11.1 Å². The Labute approximate surface area is 107 Å². The molecule has 0 aliphatic heterocycles. The minimum absolute atomic E-state index is 0.0228. The molecular formula is C14H19FN2O. The number of halogens is 1. The number of anilines is 1. The lowest BCUT2D eigenvalue weighted by Gasteiger charge is -2.22. The Morgan fingerprint density at radius 2 is 2.11 bits per heavy atom. The molecule has 1 aromatic rings. The van der Waals surface area contributed by atoms with E-state index >= 15 is 0 Å². The molecular weight excluding hydrogens is 231 g/mol. The minimum atomic E-state index is -0.331. The van der Waals surface area contributed by atoms with E-state index in [1.807, 2.05) is 6.92 Å². The zero-order valence-corrected chi connectivity index (χ0v) is 10.6. The van der Waals surface area contributed by atoms with Crippen LogP contribution in [0.25, 0.3) is 0 Å². The summed E-state index contributed by atoms with van der Waals surface area (Å²) >= 11 is 0. The summed E-state index contributed by atoms with van der Waals surface area (Å²) < 4.78 is 13.3. The molecule has 1 fully saturated rings. The maximum absolute atomic E-state index is 13.3. The number of rotatable bonds is 3. The fraction of sp³-hybridized carbons (Fsp3) is 0.500.